The van der Waals surface area contributed by atoms with E-state index < -0.39 is 17.7 Å². The van der Waals surface area contributed by atoms with E-state index in [9.17, 15) is 4.79 Å². The minimum atomic E-state index is -0.588. The molecule has 0 aliphatic carbocycles. The molecule has 6 nitrogen and oxygen atoms in total. The van der Waals surface area contributed by atoms with Crippen LogP contribution in [-0.4, -0.2) is 21.9 Å². The molecule has 148 valence electrons. The maximum Gasteiger partial charge on any atom is 0.408 e. The summed E-state index contributed by atoms with van der Waals surface area (Å²) in [4.78, 5) is 12.1. The van der Waals surface area contributed by atoms with Gasteiger partial charge in [-0.05, 0) is 44.4 Å². The molecule has 0 aliphatic heterocycles. The highest BCUT2D eigenvalue weighted by molar-refractivity contribution is 7.98. The minimum Gasteiger partial charge on any atom is -0.444 e. The number of alkyl carbamates (subject to hydrolysis) is 1. The van der Waals surface area contributed by atoms with Crippen LogP contribution < -0.4 is 5.32 Å². The summed E-state index contributed by atoms with van der Waals surface area (Å²) in [6.45, 7) is 9.31. The van der Waals surface area contributed by atoms with Gasteiger partial charge in [-0.15, -0.1) is 10.2 Å². The van der Waals surface area contributed by atoms with Gasteiger partial charge in [0.05, 0.1) is 0 Å². The molecular weight excluding hydrogens is 409 g/mol. The van der Waals surface area contributed by atoms with E-state index in [4.69, 9.17) is 32.4 Å². The predicted molar refractivity (Wildman–Crippen MR) is 107 cm³/mol. The number of rotatable bonds is 6. The Morgan fingerprint density at radius 2 is 1.89 bits per heavy atom. The van der Waals surface area contributed by atoms with Gasteiger partial charge in [0.1, 0.15) is 11.6 Å². The quantitative estimate of drug-likeness (QED) is 0.574. The van der Waals surface area contributed by atoms with Crippen LogP contribution in [0.4, 0.5) is 4.79 Å². The fraction of sp³-hybridized carbons (Fsp3) is 0.500. The molecule has 9 heteroatoms. The Bertz CT molecular complexity index is 770. The summed E-state index contributed by atoms with van der Waals surface area (Å²) in [5.74, 6) is 0.851. The number of nitrogens with one attached hydrogen (secondary N) is 1. The predicted octanol–water partition coefficient (Wildman–Crippen LogP) is 5.89. The van der Waals surface area contributed by atoms with Crippen molar-refractivity contribution in [2.45, 2.75) is 57.2 Å². The lowest BCUT2D eigenvalue weighted by atomic mass is 10.1. The standard InChI is InChI=1S/C18H23Cl2N3O3S/c1-10(2)14(21-16(24)26-18(3,4)5)15-22-23-17(25-15)27-9-11-12(19)7-6-8-13(11)20/h6-8,10,14H,9H2,1-5H3,(H,21,24)/t14-/m0/s1. The highest BCUT2D eigenvalue weighted by atomic mass is 35.5. The summed E-state index contributed by atoms with van der Waals surface area (Å²) >= 11 is 13.7. The first kappa shape index (κ1) is 21.9. The zero-order valence-corrected chi connectivity index (χ0v) is 18.2. The molecule has 1 aromatic carbocycles. The second kappa shape index (κ2) is 9.17. The molecule has 0 bridgehead atoms. The molecule has 1 N–H and O–H groups in total. The Balaban J connectivity index is 2.06. The van der Waals surface area contributed by atoms with Gasteiger partial charge in [-0.2, -0.15) is 0 Å². The van der Waals surface area contributed by atoms with Crippen LogP contribution in [0.2, 0.25) is 10.0 Å². The molecule has 0 spiro atoms. The van der Waals surface area contributed by atoms with E-state index in [0.29, 0.717) is 26.9 Å². The van der Waals surface area contributed by atoms with Crippen molar-refractivity contribution in [3.63, 3.8) is 0 Å². The zero-order valence-electron chi connectivity index (χ0n) is 15.9. The Morgan fingerprint density at radius 3 is 2.44 bits per heavy atom. The molecule has 1 aromatic heterocycles. The van der Waals surface area contributed by atoms with Gasteiger partial charge >= 0.3 is 6.09 Å². The summed E-state index contributed by atoms with van der Waals surface area (Å²) in [6, 6.07) is 4.90. The molecule has 2 aromatic rings. The number of hydrogen-bond acceptors (Lipinski definition) is 6. The highest BCUT2D eigenvalue weighted by Crippen LogP contribution is 2.32. The van der Waals surface area contributed by atoms with Gasteiger partial charge in [0.15, 0.2) is 0 Å². The van der Waals surface area contributed by atoms with Crippen molar-refractivity contribution >= 4 is 41.1 Å². The Morgan fingerprint density at radius 1 is 1.26 bits per heavy atom. The molecule has 27 heavy (non-hydrogen) atoms. The van der Waals surface area contributed by atoms with E-state index >= 15 is 0 Å². The van der Waals surface area contributed by atoms with Crippen molar-refractivity contribution in [3.05, 3.63) is 39.7 Å². The lowest BCUT2D eigenvalue weighted by Crippen LogP contribution is -2.37. The molecule has 0 saturated carbocycles. The molecule has 1 amide bonds. The summed E-state index contributed by atoms with van der Waals surface area (Å²) < 4.78 is 11.0. The van der Waals surface area contributed by atoms with Crippen LogP contribution in [-0.2, 0) is 10.5 Å². The van der Waals surface area contributed by atoms with Gasteiger partial charge in [-0.3, -0.25) is 0 Å². The van der Waals surface area contributed by atoms with Crippen LogP contribution in [0.1, 0.15) is 52.1 Å². The number of hydrogen-bond donors (Lipinski definition) is 1. The molecule has 0 radical (unpaired) electrons. The molecule has 2 rings (SSSR count). The number of thioether (sulfide) groups is 1. The molecular formula is C18H23Cl2N3O3S. The molecule has 0 aliphatic rings. The second-order valence-corrected chi connectivity index (χ2v) is 9.00. The van der Waals surface area contributed by atoms with Crippen molar-refractivity contribution in [1.29, 1.82) is 0 Å². The first-order valence-corrected chi connectivity index (χ1v) is 10.2. The number of nitrogens with zero attached hydrogens (tertiary/aromatic N) is 2. The monoisotopic (exact) mass is 431 g/mol. The fourth-order valence-corrected chi connectivity index (χ4v) is 3.67. The molecule has 1 atom stereocenters. The third-order valence-electron chi connectivity index (χ3n) is 3.43. The molecule has 0 unspecified atom stereocenters. The van der Waals surface area contributed by atoms with E-state index in [1.54, 1.807) is 39.0 Å². The fourth-order valence-electron chi connectivity index (χ4n) is 2.16. The van der Waals surface area contributed by atoms with Gasteiger partial charge in [0.2, 0.25) is 5.89 Å². The van der Waals surface area contributed by atoms with Gasteiger partial charge in [-0.25, -0.2) is 4.79 Å². The number of carbonyl (C=O) groups is 1. The number of amides is 1. The largest absolute Gasteiger partial charge is 0.444 e. The zero-order chi connectivity index (χ0) is 20.2. The van der Waals surface area contributed by atoms with E-state index in [2.05, 4.69) is 15.5 Å². The third kappa shape index (κ3) is 6.59. The summed E-state index contributed by atoms with van der Waals surface area (Å²) in [7, 11) is 0. The molecule has 0 fully saturated rings. The lowest BCUT2D eigenvalue weighted by Gasteiger charge is -2.23. The van der Waals surface area contributed by atoms with E-state index in [0.717, 1.165) is 5.56 Å². The van der Waals surface area contributed by atoms with E-state index in [-0.39, 0.29) is 5.92 Å². The topological polar surface area (TPSA) is 77.2 Å². The lowest BCUT2D eigenvalue weighted by molar-refractivity contribution is 0.0477. The van der Waals surface area contributed by atoms with Crippen LogP contribution in [0.15, 0.2) is 27.8 Å². The Kier molecular flexibility index (Phi) is 7.42. The summed E-state index contributed by atoms with van der Waals surface area (Å²) in [5, 5.41) is 12.4. The number of carbonyl (C=O) groups excluding carboxylic acids is 1. The van der Waals surface area contributed by atoms with Crippen LogP contribution in [0, 0.1) is 5.92 Å². The van der Waals surface area contributed by atoms with Crippen molar-refractivity contribution in [3.8, 4) is 0 Å². The third-order valence-corrected chi connectivity index (χ3v) is 4.98. The average Bonchev–Trinajstić information content (AvgIpc) is 2.98. The second-order valence-electron chi connectivity index (χ2n) is 7.26. The first-order chi connectivity index (χ1) is 12.6. The smallest absolute Gasteiger partial charge is 0.408 e. The van der Waals surface area contributed by atoms with Crippen molar-refractivity contribution < 1.29 is 13.9 Å². The van der Waals surface area contributed by atoms with Gasteiger partial charge in [-0.1, -0.05) is 54.9 Å². The van der Waals surface area contributed by atoms with Crippen molar-refractivity contribution in [2.75, 3.05) is 0 Å². The van der Waals surface area contributed by atoms with Gasteiger partial charge in [0.25, 0.3) is 5.22 Å². The molecule has 1 heterocycles. The number of aromatic nitrogens is 2. The number of benzene rings is 1. The Hall–Kier alpha value is -1.44. The van der Waals surface area contributed by atoms with E-state index in [1.807, 2.05) is 13.8 Å². The van der Waals surface area contributed by atoms with E-state index in [1.165, 1.54) is 11.8 Å². The van der Waals surface area contributed by atoms with Crippen LogP contribution in [0.5, 0.6) is 0 Å². The van der Waals surface area contributed by atoms with Crippen LogP contribution >= 0.6 is 35.0 Å². The summed E-state index contributed by atoms with van der Waals surface area (Å²) in [5.41, 5.74) is 0.216. The maximum atomic E-state index is 12.1. The number of ether oxygens (including phenoxy) is 1. The van der Waals surface area contributed by atoms with Crippen molar-refractivity contribution in [1.82, 2.24) is 15.5 Å². The van der Waals surface area contributed by atoms with Crippen molar-refractivity contribution in [2.24, 2.45) is 5.92 Å². The van der Waals surface area contributed by atoms with Gasteiger partial charge < -0.3 is 14.5 Å². The minimum absolute atomic E-state index is 0.0360. The molecule has 0 saturated heterocycles. The maximum absolute atomic E-state index is 12.1. The van der Waals surface area contributed by atoms with Crippen LogP contribution in [0.25, 0.3) is 0 Å². The SMILES string of the molecule is CC(C)[C@H](NC(=O)OC(C)(C)C)c1nnc(SCc2c(Cl)cccc2Cl)o1. The normalized spacial score (nSPS) is 12.9. The average molecular weight is 432 g/mol. The summed E-state index contributed by atoms with van der Waals surface area (Å²) in [6.07, 6.45) is -0.531. The Labute approximate surface area is 173 Å². The highest BCUT2D eigenvalue weighted by Gasteiger charge is 2.27. The number of halogens is 2. The first-order valence-electron chi connectivity index (χ1n) is 8.45. The van der Waals surface area contributed by atoms with Crippen LogP contribution in [0.3, 0.4) is 0 Å². The van der Waals surface area contributed by atoms with Gasteiger partial charge in [0, 0.05) is 15.8 Å².